The zero-order chi connectivity index (χ0) is 28.4. The quantitative estimate of drug-likeness (QED) is 0.238. The van der Waals surface area contributed by atoms with E-state index in [-0.39, 0.29) is 16.1 Å². The Morgan fingerprint density at radius 3 is 2.55 bits per heavy atom. The van der Waals surface area contributed by atoms with Crippen molar-refractivity contribution in [2.24, 2.45) is 5.92 Å². The molecule has 2 atom stereocenters. The zero-order valence-electron chi connectivity index (χ0n) is 21.6. The predicted octanol–water partition coefficient (Wildman–Crippen LogP) is 6.96. The third kappa shape index (κ3) is 3.95. The van der Waals surface area contributed by atoms with Gasteiger partial charge >= 0.3 is 5.97 Å². The average Bonchev–Trinajstić information content (AvgIpc) is 3.27. The molecule has 2 aromatic heterocycles. The Morgan fingerprint density at radius 2 is 1.88 bits per heavy atom. The van der Waals surface area contributed by atoms with Gasteiger partial charge in [-0.05, 0) is 66.8 Å². The molecule has 0 spiro atoms. The molecule has 6 nitrogen and oxygen atoms in total. The minimum atomic E-state index is -4.20. The molecule has 0 saturated heterocycles. The van der Waals surface area contributed by atoms with Crippen molar-refractivity contribution in [3.05, 3.63) is 100.0 Å². The Labute approximate surface area is 234 Å². The van der Waals surface area contributed by atoms with Crippen molar-refractivity contribution in [3.8, 4) is 28.5 Å². The Morgan fingerprint density at radius 1 is 1.12 bits per heavy atom. The van der Waals surface area contributed by atoms with Crippen molar-refractivity contribution in [1.29, 1.82) is 5.26 Å². The van der Waals surface area contributed by atoms with E-state index in [1.165, 1.54) is 45.6 Å². The summed E-state index contributed by atoms with van der Waals surface area (Å²) in [6, 6.07) is 21.6. The van der Waals surface area contributed by atoms with Gasteiger partial charge in [0.05, 0.1) is 22.0 Å². The van der Waals surface area contributed by atoms with E-state index < -0.39 is 33.1 Å². The normalized spacial score (nSPS) is 18.5. The largest absolute Gasteiger partial charge is 0.481 e. The fraction of sp³-hybridized carbons (Fsp3) is 0.161. The van der Waals surface area contributed by atoms with Crippen LogP contribution in [0.5, 0.6) is 0 Å². The van der Waals surface area contributed by atoms with E-state index in [2.05, 4.69) is 6.07 Å². The summed E-state index contributed by atoms with van der Waals surface area (Å²) in [5, 5.41) is 21.6. The number of carboxylic acid groups (broad SMARTS) is 1. The molecule has 1 saturated carbocycles. The second-order valence-corrected chi connectivity index (χ2v) is 13.0. The van der Waals surface area contributed by atoms with Crippen molar-refractivity contribution in [2.45, 2.75) is 30.6 Å². The average molecular weight is 571 g/mol. The molecule has 1 aliphatic rings. The molecule has 3 aromatic carbocycles. The number of hydrogen-bond acceptors (Lipinski definition) is 5. The molecule has 9 heteroatoms. The van der Waals surface area contributed by atoms with Crippen molar-refractivity contribution < 1.29 is 22.7 Å². The summed E-state index contributed by atoms with van der Waals surface area (Å²) in [7, 11) is -4.20. The monoisotopic (exact) mass is 570 g/mol. The number of rotatable bonds is 6. The zero-order valence-corrected chi connectivity index (χ0v) is 23.2. The number of aryl methyl sites for hydroxylation is 1. The Balaban J connectivity index is 1.73. The first-order valence-electron chi connectivity index (χ1n) is 12.5. The van der Waals surface area contributed by atoms with Crippen LogP contribution in [0.4, 0.5) is 4.39 Å². The summed E-state index contributed by atoms with van der Waals surface area (Å²) in [5.74, 6) is -1.96. The summed E-state index contributed by atoms with van der Waals surface area (Å²) in [5.41, 5.74) is 3.08. The Kier molecular flexibility index (Phi) is 5.95. The van der Waals surface area contributed by atoms with Crippen molar-refractivity contribution in [2.75, 3.05) is 0 Å². The van der Waals surface area contributed by atoms with E-state index in [1.54, 1.807) is 35.7 Å². The second kappa shape index (κ2) is 9.15. The molecule has 0 amide bonds. The summed E-state index contributed by atoms with van der Waals surface area (Å²) >= 11 is 1.22. The van der Waals surface area contributed by atoms with Crippen LogP contribution in [0.3, 0.4) is 0 Å². The van der Waals surface area contributed by atoms with Gasteiger partial charge in [0, 0.05) is 27.5 Å². The first-order chi connectivity index (χ1) is 19.1. The van der Waals surface area contributed by atoms with Gasteiger partial charge in [0.1, 0.15) is 16.8 Å². The van der Waals surface area contributed by atoms with Crippen LogP contribution in [0.2, 0.25) is 0 Å². The highest BCUT2D eigenvalue weighted by Crippen LogP contribution is 2.55. The SMILES string of the molecule is Cc1ccc(S(=O)(=O)n2c(-c3cccc(C4(C)CC4C(=O)O)c3)c(-c3ccsc3C#N)c3cc(F)ccc32)cc1. The molecule has 1 aliphatic carbocycles. The summed E-state index contributed by atoms with van der Waals surface area (Å²) in [4.78, 5) is 12.2. The number of carbonyl (C=O) groups is 1. The van der Waals surface area contributed by atoms with Crippen molar-refractivity contribution >= 4 is 38.2 Å². The maximum absolute atomic E-state index is 14.7. The number of hydrogen-bond donors (Lipinski definition) is 1. The van der Waals surface area contributed by atoms with Gasteiger partial charge in [-0.2, -0.15) is 5.26 Å². The third-order valence-electron chi connectivity index (χ3n) is 7.81. The Hall–Kier alpha value is -4.26. The number of thiophene rings is 1. The van der Waals surface area contributed by atoms with Gasteiger partial charge in [-0.15, -0.1) is 11.3 Å². The molecule has 0 aliphatic heterocycles. The number of halogens is 1. The van der Waals surface area contributed by atoms with Crippen LogP contribution >= 0.6 is 11.3 Å². The van der Waals surface area contributed by atoms with Crippen LogP contribution in [0.25, 0.3) is 33.3 Å². The van der Waals surface area contributed by atoms with Gasteiger partial charge in [-0.3, -0.25) is 4.79 Å². The van der Waals surface area contributed by atoms with Gasteiger partial charge < -0.3 is 5.11 Å². The number of carboxylic acids is 1. The topological polar surface area (TPSA) is 100 Å². The fourth-order valence-electron chi connectivity index (χ4n) is 5.49. The van der Waals surface area contributed by atoms with Gasteiger partial charge in [-0.25, -0.2) is 16.8 Å². The highest BCUT2D eigenvalue weighted by Gasteiger charge is 2.56. The number of fused-ring (bicyclic) bond motifs is 1. The number of aliphatic carboxylic acids is 1. The summed E-state index contributed by atoms with van der Waals surface area (Å²) in [6.45, 7) is 3.74. The Bertz CT molecular complexity index is 1980. The van der Waals surface area contributed by atoms with E-state index in [0.717, 1.165) is 11.1 Å². The molecular weight excluding hydrogens is 547 g/mol. The lowest BCUT2D eigenvalue weighted by Crippen LogP contribution is -2.15. The van der Waals surface area contributed by atoms with Crippen LogP contribution in [-0.2, 0) is 20.2 Å². The van der Waals surface area contributed by atoms with Crippen LogP contribution in [0, 0.1) is 30.0 Å². The molecule has 2 heterocycles. The highest BCUT2D eigenvalue weighted by atomic mass is 32.2. The maximum Gasteiger partial charge on any atom is 0.307 e. The molecule has 40 heavy (non-hydrogen) atoms. The molecule has 0 radical (unpaired) electrons. The first-order valence-corrected chi connectivity index (χ1v) is 14.9. The van der Waals surface area contributed by atoms with Crippen LogP contribution < -0.4 is 0 Å². The van der Waals surface area contributed by atoms with Gasteiger partial charge in [0.15, 0.2) is 0 Å². The fourth-order valence-corrected chi connectivity index (χ4v) is 7.73. The van der Waals surface area contributed by atoms with E-state index in [9.17, 15) is 28.0 Å². The third-order valence-corrected chi connectivity index (χ3v) is 10.4. The second-order valence-electron chi connectivity index (χ2n) is 10.3. The standard InChI is InChI=1S/C31H23FN2O4S2/c1-18-6-9-22(10-7-18)40(37,38)34-26-11-8-21(32)15-24(26)28(23-12-13-39-27(23)17-33)29(34)19-4-3-5-20(14-19)31(2)16-25(31)30(35)36/h3-15,25H,16H2,1-2H3,(H,35,36). The number of nitriles is 1. The van der Waals surface area contributed by atoms with E-state index >= 15 is 0 Å². The lowest BCUT2D eigenvalue weighted by molar-refractivity contribution is -0.138. The van der Waals surface area contributed by atoms with Crippen LogP contribution in [0.15, 0.2) is 83.1 Å². The predicted molar refractivity (Wildman–Crippen MR) is 152 cm³/mol. The molecule has 6 rings (SSSR count). The number of aromatic nitrogens is 1. The smallest absolute Gasteiger partial charge is 0.307 e. The summed E-state index contributed by atoms with van der Waals surface area (Å²) < 4.78 is 44.6. The summed E-state index contributed by atoms with van der Waals surface area (Å²) in [6.07, 6.45) is 0.470. The van der Waals surface area contributed by atoms with E-state index in [1.807, 2.05) is 26.0 Å². The van der Waals surface area contributed by atoms with Gasteiger partial charge in [0.25, 0.3) is 10.0 Å². The van der Waals surface area contributed by atoms with E-state index in [4.69, 9.17) is 0 Å². The number of nitrogens with zero attached hydrogens (tertiary/aromatic N) is 2. The molecule has 2 unspecified atom stereocenters. The maximum atomic E-state index is 14.7. The molecule has 1 N–H and O–H groups in total. The lowest BCUT2D eigenvalue weighted by Gasteiger charge is -2.16. The molecule has 0 bridgehead atoms. The lowest BCUT2D eigenvalue weighted by atomic mass is 9.91. The molecular formula is C31H23FN2O4S2. The highest BCUT2D eigenvalue weighted by molar-refractivity contribution is 7.90. The molecule has 200 valence electrons. The minimum Gasteiger partial charge on any atom is -0.481 e. The molecule has 5 aromatic rings. The van der Waals surface area contributed by atoms with Crippen LogP contribution in [0.1, 0.15) is 29.3 Å². The minimum absolute atomic E-state index is 0.0641. The molecule has 1 fully saturated rings. The van der Waals surface area contributed by atoms with Crippen molar-refractivity contribution in [3.63, 3.8) is 0 Å². The van der Waals surface area contributed by atoms with E-state index in [0.29, 0.717) is 33.4 Å². The van der Waals surface area contributed by atoms with Gasteiger partial charge in [-0.1, -0.05) is 42.8 Å². The van der Waals surface area contributed by atoms with Crippen molar-refractivity contribution in [1.82, 2.24) is 3.97 Å². The van der Waals surface area contributed by atoms with Crippen LogP contribution in [-0.4, -0.2) is 23.5 Å². The first kappa shape index (κ1) is 26.0. The van der Waals surface area contributed by atoms with Gasteiger partial charge in [0.2, 0.25) is 0 Å². The number of benzene rings is 3.